The second kappa shape index (κ2) is 5.71. The summed E-state index contributed by atoms with van der Waals surface area (Å²) in [5.41, 5.74) is 1.38. The van der Waals surface area contributed by atoms with E-state index in [-0.39, 0.29) is 0 Å². The Morgan fingerprint density at radius 2 is 2.25 bits per heavy atom. The molecule has 1 saturated heterocycles. The smallest absolute Gasteiger partial charge is 0.166 e. The number of hydrogen-bond acceptors (Lipinski definition) is 4. The van der Waals surface area contributed by atoms with Gasteiger partial charge in [-0.2, -0.15) is 0 Å². The van der Waals surface area contributed by atoms with Gasteiger partial charge in [0.25, 0.3) is 0 Å². The van der Waals surface area contributed by atoms with Gasteiger partial charge in [-0.05, 0) is 38.1 Å². The van der Waals surface area contributed by atoms with Gasteiger partial charge in [0, 0.05) is 12.5 Å². The summed E-state index contributed by atoms with van der Waals surface area (Å²) in [6.45, 7) is 4.44. The van der Waals surface area contributed by atoms with Crippen LogP contribution in [0.25, 0.3) is 5.65 Å². The summed E-state index contributed by atoms with van der Waals surface area (Å²) in [5, 5.41) is 8.47. The van der Waals surface area contributed by atoms with Crippen LogP contribution < -0.4 is 0 Å². The van der Waals surface area contributed by atoms with Crippen molar-refractivity contribution < 1.29 is 4.79 Å². The SMILES string of the molecule is CCN1CCCCC1Cc1nnc2cccc(C=O)n12. The van der Waals surface area contributed by atoms with Crippen LogP contribution >= 0.6 is 0 Å². The van der Waals surface area contributed by atoms with Crippen LogP contribution in [0.1, 0.15) is 42.5 Å². The van der Waals surface area contributed by atoms with Crippen molar-refractivity contribution in [3.8, 4) is 0 Å². The second-order valence-electron chi connectivity index (χ2n) is 5.36. The molecule has 0 radical (unpaired) electrons. The van der Waals surface area contributed by atoms with Gasteiger partial charge in [-0.25, -0.2) is 0 Å². The number of rotatable bonds is 4. The minimum Gasteiger partial charge on any atom is -0.300 e. The molecular weight excluding hydrogens is 252 g/mol. The summed E-state index contributed by atoms with van der Waals surface area (Å²) in [7, 11) is 0. The van der Waals surface area contributed by atoms with E-state index in [1.165, 1.54) is 25.8 Å². The van der Waals surface area contributed by atoms with Gasteiger partial charge in [-0.15, -0.1) is 10.2 Å². The number of piperidine rings is 1. The van der Waals surface area contributed by atoms with Crippen LogP contribution in [0.5, 0.6) is 0 Å². The predicted octanol–water partition coefficient (Wildman–Crippen LogP) is 1.96. The molecule has 0 bridgehead atoms. The van der Waals surface area contributed by atoms with Gasteiger partial charge >= 0.3 is 0 Å². The monoisotopic (exact) mass is 272 g/mol. The maximum Gasteiger partial charge on any atom is 0.166 e. The lowest BCUT2D eigenvalue weighted by molar-refractivity contribution is 0.111. The Kier molecular flexibility index (Phi) is 3.78. The number of carbonyl (C=O) groups excluding carboxylic acids is 1. The molecule has 1 atom stereocenters. The molecule has 0 saturated carbocycles. The first kappa shape index (κ1) is 13.2. The van der Waals surface area contributed by atoms with Gasteiger partial charge in [0.15, 0.2) is 11.9 Å². The molecular formula is C15H20N4O. The van der Waals surface area contributed by atoms with E-state index in [2.05, 4.69) is 22.0 Å². The van der Waals surface area contributed by atoms with Crippen LogP contribution in [-0.2, 0) is 6.42 Å². The lowest BCUT2D eigenvalue weighted by Crippen LogP contribution is -2.41. The quantitative estimate of drug-likeness (QED) is 0.798. The van der Waals surface area contributed by atoms with Crippen molar-refractivity contribution in [1.82, 2.24) is 19.5 Å². The zero-order valence-electron chi connectivity index (χ0n) is 11.8. The summed E-state index contributed by atoms with van der Waals surface area (Å²) >= 11 is 0. The van der Waals surface area contributed by atoms with Crippen molar-refractivity contribution in [3.05, 3.63) is 29.7 Å². The minimum atomic E-state index is 0.515. The lowest BCUT2D eigenvalue weighted by Gasteiger charge is -2.34. The molecule has 1 aliphatic heterocycles. The van der Waals surface area contributed by atoms with Crippen molar-refractivity contribution in [1.29, 1.82) is 0 Å². The summed E-state index contributed by atoms with van der Waals surface area (Å²) in [6, 6.07) is 6.06. The van der Waals surface area contributed by atoms with Gasteiger partial charge < -0.3 is 4.90 Å². The van der Waals surface area contributed by atoms with Crippen molar-refractivity contribution in [2.75, 3.05) is 13.1 Å². The molecule has 1 fully saturated rings. The highest BCUT2D eigenvalue weighted by Crippen LogP contribution is 2.20. The van der Waals surface area contributed by atoms with Gasteiger partial charge in [-0.3, -0.25) is 9.20 Å². The molecule has 3 rings (SSSR count). The Balaban J connectivity index is 1.92. The van der Waals surface area contributed by atoms with Gasteiger partial charge in [0.05, 0.1) is 5.69 Å². The molecule has 1 unspecified atom stereocenters. The standard InChI is InChI=1S/C15H20N4O/c1-2-18-9-4-3-6-12(18)10-15-17-16-14-8-5-7-13(11-20)19(14)15/h5,7-8,11-12H,2-4,6,9-10H2,1H3. The minimum absolute atomic E-state index is 0.515. The van der Waals surface area contributed by atoms with Crippen LogP contribution in [0.2, 0.25) is 0 Å². The van der Waals surface area contributed by atoms with E-state index >= 15 is 0 Å². The molecule has 0 N–H and O–H groups in total. The van der Waals surface area contributed by atoms with Crippen LogP contribution in [0.4, 0.5) is 0 Å². The highest BCUT2D eigenvalue weighted by Gasteiger charge is 2.23. The molecule has 2 aromatic heterocycles. The average Bonchev–Trinajstić information content (AvgIpc) is 2.91. The van der Waals surface area contributed by atoms with Crippen LogP contribution in [0.15, 0.2) is 18.2 Å². The number of hydrogen-bond donors (Lipinski definition) is 0. The fourth-order valence-corrected chi connectivity index (χ4v) is 3.17. The van der Waals surface area contributed by atoms with E-state index in [4.69, 9.17) is 0 Å². The number of fused-ring (bicyclic) bond motifs is 1. The number of likely N-dealkylation sites (N-methyl/N-ethyl adjacent to an activating group) is 1. The van der Waals surface area contributed by atoms with Crippen molar-refractivity contribution in [2.24, 2.45) is 0 Å². The number of carbonyl (C=O) groups is 1. The zero-order valence-corrected chi connectivity index (χ0v) is 11.8. The van der Waals surface area contributed by atoms with E-state index in [0.717, 1.165) is 30.7 Å². The van der Waals surface area contributed by atoms with E-state index < -0.39 is 0 Å². The summed E-state index contributed by atoms with van der Waals surface area (Å²) in [6.07, 6.45) is 5.49. The van der Waals surface area contributed by atoms with Crippen LogP contribution in [0, 0.1) is 0 Å². The average molecular weight is 272 g/mol. The molecule has 106 valence electrons. The highest BCUT2D eigenvalue weighted by atomic mass is 16.1. The van der Waals surface area contributed by atoms with Crippen molar-refractivity contribution >= 4 is 11.9 Å². The number of aldehydes is 1. The second-order valence-corrected chi connectivity index (χ2v) is 5.36. The Labute approximate surface area is 118 Å². The number of aromatic nitrogens is 3. The molecule has 0 aromatic carbocycles. The molecule has 1 aliphatic rings. The Morgan fingerprint density at radius 1 is 1.35 bits per heavy atom. The molecule has 2 aromatic rings. The molecule has 0 amide bonds. The van der Waals surface area contributed by atoms with E-state index in [9.17, 15) is 4.79 Å². The van der Waals surface area contributed by atoms with Crippen LogP contribution in [0.3, 0.4) is 0 Å². The maximum atomic E-state index is 11.2. The molecule has 0 spiro atoms. The lowest BCUT2D eigenvalue weighted by atomic mass is 9.99. The maximum absolute atomic E-state index is 11.2. The van der Waals surface area contributed by atoms with Crippen molar-refractivity contribution in [2.45, 2.75) is 38.6 Å². The number of nitrogens with zero attached hydrogens (tertiary/aromatic N) is 4. The molecule has 5 nitrogen and oxygen atoms in total. The first-order valence-electron chi connectivity index (χ1n) is 7.35. The van der Waals surface area contributed by atoms with Gasteiger partial charge in [-0.1, -0.05) is 19.4 Å². The summed E-state index contributed by atoms with van der Waals surface area (Å²) < 4.78 is 1.88. The fourth-order valence-electron chi connectivity index (χ4n) is 3.17. The fraction of sp³-hybridized carbons (Fsp3) is 0.533. The largest absolute Gasteiger partial charge is 0.300 e. The Morgan fingerprint density at radius 3 is 3.05 bits per heavy atom. The van der Waals surface area contributed by atoms with E-state index in [1.807, 2.05) is 22.6 Å². The Hall–Kier alpha value is -1.75. The van der Waals surface area contributed by atoms with Crippen LogP contribution in [-0.4, -0.2) is 44.9 Å². The molecule has 20 heavy (non-hydrogen) atoms. The van der Waals surface area contributed by atoms with Gasteiger partial charge in [0.2, 0.25) is 0 Å². The highest BCUT2D eigenvalue weighted by molar-refractivity contribution is 5.73. The number of pyridine rings is 1. The third kappa shape index (κ3) is 2.33. The first-order valence-corrected chi connectivity index (χ1v) is 7.35. The Bertz CT molecular complexity index is 607. The van der Waals surface area contributed by atoms with Crippen molar-refractivity contribution in [3.63, 3.8) is 0 Å². The zero-order chi connectivity index (χ0) is 13.9. The molecule has 5 heteroatoms. The first-order chi connectivity index (χ1) is 9.83. The number of likely N-dealkylation sites (tertiary alicyclic amines) is 1. The summed E-state index contributed by atoms with van der Waals surface area (Å²) in [4.78, 5) is 13.7. The third-order valence-corrected chi connectivity index (χ3v) is 4.22. The van der Waals surface area contributed by atoms with E-state index in [0.29, 0.717) is 11.7 Å². The molecule has 3 heterocycles. The normalized spacial score (nSPS) is 20.4. The topological polar surface area (TPSA) is 50.5 Å². The predicted molar refractivity (Wildman–Crippen MR) is 77.0 cm³/mol. The summed E-state index contributed by atoms with van der Waals surface area (Å²) in [5.74, 6) is 0.896. The third-order valence-electron chi connectivity index (χ3n) is 4.22. The van der Waals surface area contributed by atoms with Gasteiger partial charge in [0.1, 0.15) is 5.82 Å². The van der Waals surface area contributed by atoms with E-state index in [1.54, 1.807) is 0 Å². The molecule has 0 aliphatic carbocycles.